The molecule has 32 heavy (non-hydrogen) atoms. The topological polar surface area (TPSA) is 99.4 Å². The molecular weight excluding hydrogens is 408 g/mol. The zero-order chi connectivity index (χ0) is 23.5. The Morgan fingerprint density at radius 2 is 1.66 bits per heavy atom. The Bertz CT molecular complexity index is 904. The highest BCUT2D eigenvalue weighted by Gasteiger charge is 2.46. The van der Waals surface area contributed by atoms with E-state index in [0.717, 1.165) is 30.4 Å². The van der Waals surface area contributed by atoms with Gasteiger partial charge in [-0.3, -0.25) is 0 Å². The van der Waals surface area contributed by atoms with Gasteiger partial charge < -0.3 is 29.9 Å². The number of hydrogen-bond donors (Lipinski definition) is 4. The van der Waals surface area contributed by atoms with Crippen LogP contribution in [0.5, 0.6) is 11.5 Å². The molecule has 178 valence electrons. The van der Waals surface area contributed by atoms with E-state index in [0.29, 0.717) is 17.6 Å². The summed E-state index contributed by atoms with van der Waals surface area (Å²) in [4.78, 5) is 0. The normalized spacial score (nSPS) is 38.7. The van der Waals surface area contributed by atoms with E-state index in [1.54, 1.807) is 6.92 Å². The number of hydrogen-bond acceptors (Lipinski definition) is 6. The van der Waals surface area contributed by atoms with Crippen LogP contribution in [-0.2, 0) is 4.74 Å². The van der Waals surface area contributed by atoms with Gasteiger partial charge in [0.15, 0.2) is 11.5 Å². The molecule has 6 nitrogen and oxygen atoms in total. The molecule has 0 aromatic heterocycles. The molecule has 1 aromatic rings. The summed E-state index contributed by atoms with van der Waals surface area (Å²) in [5, 5.41) is 42.1. The van der Waals surface area contributed by atoms with Crippen molar-refractivity contribution in [2.45, 2.75) is 109 Å². The van der Waals surface area contributed by atoms with Crippen molar-refractivity contribution in [2.24, 2.45) is 5.92 Å². The van der Waals surface area contributed by atoms with E-state index in [1.807, 2.05) is 6.92 Å². The van der Waals surface area contributed by atoms with Crippen LogP contribution < -0.4 is 4.74 Å². The minimum atomic E-state index is -1.42. The number of allylic oxidation sites excluding steroid dienone is 2. The van der Waals surface area contributed by atoms with Crippen molar-refractivity contribution in [3.63, 3.8) is 0 Å². The smallest absolute Gasteiger partial charge is 0.229 e. The molecule has 1 fully saturated rings. The SMILES string of the molecule is CC(C)=C[C@@H]1C[C@@H](C)[C@@H]2CC[C@@H](C)c3c(O[C@@H]4O[C@@H](C)[C@@H](O)[C@@H](O)[C@@H]4O)c(O)c(C)c1c32. The van der Waals surface area contributed by atoms with E-state index >= 15 is 0 Å². The third kappa shape index (κ3) is 3.75. The molecule has 1 aromatic carbocycles. The number of aliphatic hydroxyl groups excluding tert-OH is 3. The Labute approximate surface area is 190 Å². The van der Waals surface area contributed by atoms with E-state index in [2.05, 4.69) is 33.8 Å². The molecule has 6 heteroatoms. The van der Waals surface area contributed by atoms with E-state index in [-0.39, 0.29) is 17.6 Å². The molecule has 1 heterocycles. The van der Waals surface area contributed by atoms with Crippen molar-refractivity contribution in [3.05, 3.63) is 33.9 Å². The third-order valence-corrected chi connectivity index (χ3v) is 7.83. The maximum atomic E-state index is 11.3. The first kappa shape index (κ1) is 23.6. The summed E-state index contributed by atoms with van der Waals surface area (Å²) in [5.74, 6) is 1.79. The molecule has 3 aliphatic rings. The molecular formula is C26H38O6. The Balaban J connectivity index is 1.86. The Kier molecular flexibility index (Phi) is 6.36. The van der Waals surface area contributed by atoms with E-state index < -0.39 is 30.7 Å². The highest BCUT2D eigenvalue weighted by atomic mass is 16.7. The summed E-state index contributed by atoms with van der Waals surface area (Å²) >= 11 is 0. The van der Waals surface area contributed by atoms with Gasteiger partial charge in [-0.05, 0) is 81.4 Å². The van der Waals surface area contributed by atoms with Crippen LogP contribution in [-0.4, -0.2) is 51.1 Å². The molecule has 4 rings (SSSR count). The largest absolute Gasteiger partial charge is 0.504 e. The molecule has 0 amide bonds. The molecule has 0 bridgehead atoms. The Morgan fingerprint density at radius 1 is 0.969 bits per heavy atom. The molecule has 0 spiro atoms. The predicted octanol–water partition coefficient (Wildman–Crippen LogP) is 3.98. The molecule has 0 radical (unpaired) electrons. The highest BCUT2D eigenvalue weighted by molar-refractivity contribution is 5.64. The quantitative estimate of drug-likeness (QED) is 0.524. The van der Waals surface area contributed by atoms with Crippen LogP contribution in [0.15, 0.2) is 11.6 Å². The van der Waals surface area contributed by atoms with Gasteiger partial charge in [-0.25, -0.2) is 0 Å². The van der Waals surface area contributed by atoms with Gasteiger partial charge in [0.05, 0.1) is 6.10 Å². The van der Waals surface area contributed by atoms with Crippen molar-refractivity contribution >= 4 is 0 Å². The van der Waals surface area contributed by atoms with E-state index in [9.17, 15) is 20.4 Å². The van der Waals surface area contributed by atoms with Crippen LogP contribution in [0.2, 0.25) is 0 Å². The lowest BCUT2D eigenvalue weighted by molar-refractivity contribution is -0.268. The van der Waals surface area contributed by atoms with Gasteiger partial charge in [-0.1, -0.05) is 25.5 Å². The van der Waals surface area contributed by atoms with Crippen LogP contribution in [0.3, 0.4) is 0 Å². The summed E-state index contributed by atoms with van der Waals surface area (Å²) in [6, 6.07) is 0. The summed E-state index contributed by atoms with van der Waals surface area (Å²) in [7, 11) is 0. The van der Waals surface area contributed by atoms with Crippen LogP contribution in [0.1, 0.15) is 93.9 Å². The van der Waals surface area contributed by atoms with Gasteiger partial charge in [0.25, 0.3) is 0 Å². The average Bonchev–Trinajstić information content (AvgIpc) is 2.72. The van der Waals surface area contributed by atoms with Gasteiger partial charge in [0.2, 0.25) is 6.29 Å². The van der Waals surface area contributed by atoms with Crippen LogP contribution in [0.4, 0.5) is 0 Å². The first-order chi connectivity index (χ1) is 15.0. The molecule has 1 aliphatic heterocycles. The Hall–Kier alpha value is -1.60. The average molecular weight is 447 g/mol. The number of rotatable bonds is 3. The van der Waals surface area contributed by atoms with Crippen LogP contribution in [0, 0.1) is 12.8 Å². The van der Waals surface area contributed by atoms with Gasteiger partial charge in [-0.15, -0.1) is 0 Å². The maximum absolute atomic E-state index is 11.3. The molecule has 9 atom stereocenters. The fourth-order valence-electron chi connectivity index (χ4n) is 6.13. The highest BCUT2D eigenvalue weighted by Crippen LogP contribution is 2.58. The minimum absolute atomic E-state index is 0.0806. The van der Waals surface area contributed by atoms with Crippen molar-refractivity contribution in [1.82, 2.24) is 0 Å². The second-order valence-electron chi connectivity index (χ2n) is 10.5. The summed E-state index contributed by atoms with van der Waals surface area (Å²) in [6.07, 6.45) is -0.406. The molecule has 0 unspecified atom stereocenters. The monoisotopic (exact) mass is 446 g/mol. The van der Waals surface area contributed by atoms with Crippen molar-refractivity contribution in [1.29, 1.82) is 0 Å². The number of aliphatic hydroxyl groups is 3. The molecule has 2 aliphatic carbocycles. The third-order valence-electron chi connectivity index (χ3n) is 7.83. The summed E-state index contributed by atoms with van der Waals surface area (Å²) in [5.41, 5.74) is 5.58. The number of phenolic OH excluding ortho intramolecular Hbond substituents is 1. The minimum Gasteiger partial charge on any atom is -0.504 e. The lowest BCUT2D eigenvalue weighted by Crippen LogP contribution is -2.58. The van der Waals surface area contributed by atoms with E-state index in [1.165, 1.54) is 16.7 Å². The van der Waals surface area contributed by atoms with Gasteiger partial charge in [0.1, 0.15) is 18.3 Å². The fraction of sp³-hybridized carbons (Fsp3) is 0.692. The summed E-state index contributed by atoms with van der Waals surface area (Å²) in [6.45, 7) is 12.3. The standard InChI is InChI=1S/C26H38O6/c1-11(2)9-16-10-13(4)17-8-7-12(3)18-20(17)19(16)14(5)21(27)25(18)32-26-24(30)23(29)22(28)15(6)31-26/h9,12-13,15-17,22-24,26-30H,7-8,10H2,1-6H3/t12-,13-,15+,16-,17+,22-,23-,24+,26+/m1/s1. The van der Waals surface area contributed by atoms with Crippen LogP contribution in [0.25, 0.3) is 0 Å². The first-order valence-electron chi connectivity index (χ1n) is 11.9. The van der Waals surface area contributed by atoms with Crippen molar-refractivity contribution < 1.29 is 29.9 Å². The predicted molar refractivity (Wildman–Crippen MR) is 122 cm³/mol. The second-order valence-corrected chi connectivity index (χ2v) is 10.5. The van der Waals surface area contributed by atoms with Gasteiger partial charge in [0, 0.05) is 11.5 Å². The number of ether oxygens (including phenoxy) is 2. The lowest BCUT2D eigenvalue weighted by Gasteiger charge is -2.44. The number of phenols is 1. The second kappa shape index (κ2) is 8.64. The number of benzene rings is 1. The zero-order valence-corrected chi connectivity index (χ0v) is 20.0. The Morgan fingerprint density at radius 3 is 2.31 bits per heavy atom. The van der Waals surface area contributed by atoms with Crippen molar-refractivity contribution in [3.8, 4) is 11.5 Å². The molecule has 0 saturated carbocycles. The maximum Gasteiger partial charge on any atom is 0.229 e. The van der Waals surface area contributed by atoms with Gasteiger partial charge in [-0.2, -0.15) is 0 Å². The summed E-state index contributed by atoms with van der Waals surface area (Å²) < 4.78 is 11.8. The number of aromatic hydroxyl groups is 1. The zero-order valence-electron chi connectivity index (χ0n) is 20.0. The van der Waals surface area contributed by atoms with Crippen LogP contribution >= 0.6 is 0 Å². The first-order valence-corrected chi connectivity index (χ1v) is 11.9. The van der Waals surface area contributed by atoms with Crippen molar-refractivity contribution in [2.75, 3.05) is 0 Å². The molecule has 4 N–H and O–H groups in total. The van der Waals surface area contributed by atoms with E-state index in [4.69, 9.17) is 9.47 Å². The molecule has 1 saturated heterocycles. The fourth-order valence-corrected chi connectivity index (χ4v) is 6.13. The lowest BCUT2D eigenvalue weighted by atomic mass is 9.62. The van der Waals surface area contributed by atoms with Gasteiger partial charge >= 0.3 is 0 Å².